The van der Waals surface area contributed by atoms with Crippen LogP contribution in [0.1, 0.15) is 10.4 Å². The number of aromatic amines is 1. The molecule has 8 heteroatoms. The molecule has 1 aromatic carbocycles. The second-order valence-electron chi connectivity index (χ2n) is 4.95. The Bertz CT molecular complexity index is 887. The molecule has 0 aliphatic carbocycles. The molecule has 3 aromatic rings. The van der Waals surface area contributed by atoms with Crippen molar-refractivity contribution >= 4 is 44.3 Å². The SMILES string of the molecule is CNC(=O)c1cc(Cl)cc2cc(-c3cc(Br)nn3COC)[nH]c12. The Labute approximate surface area is 145 Å². The Balaban J connectivity index is 2.19. The standard InChI is InChI=1S/C15H14BrClN4O2/c1-18-15(22)10-5-9(17)3-8-4-11(19-14(8)10)12-6-13(16)20-21(12)7-23-2/h3-6,19H,7H2,1-2H3,(H,18,22). The molecule has 0 aliphatic rings. The van der Waals surface area contributed by atoms with Gasteiger partial charge in [-0.1, -0.05) is 11.6 Å². The third-order valence-electron chi connectivity index (χ3n) is 3.44. The number of hydrogen-bond donors (Lipinski definition) is 2. The van der Waals surface area contributed by atoms with Crippen LogP contribution in [0.3, 0.4) is 0 Å². The second kappa shape index (κ2) is 6.35. The maximum Gasteiger partial charge on any atom is 0.253 e. The average molecular weight is 398 g/mol. The molecule has 0 unspecified atom stereocenters. The van der Waals surface area contributed by atoms with Gasteiger partial charge in [0.1, 0.15) is 11.3 Å². The number of halogens is 2. The van der Waals surface area contributed by atoms with Gasteiger partial charge in [0.25, 0.3) is 5.91 Å². The number of carbonyl (C=O) groups excluding carboxylic acids is 1. The molecular weight excluding hydrogens is 384 g/mol. The third-order valence-corrected chi connectivity index (χ3v) is 4.05. The highest BCUT2D eigenvalue weighted by atomic mass is 79.9. The first kappa shape index (κ1) is 16.0. The van der Waals surface area contributed by atoms with Crippen LogP contribution < -0.4 is 5.32 Å². The number of H-pyrrole nitrogens is 1. The first-order valence-corrected chi connectivity index (χ1v) is 7.97. The number of nitrogens with one attached hydrogen (secondary N) is 2. The Morgan fingerprint density at radius 3 is 2.91 bits per heavy atom. The van der Waals surface area contributed by atoms with Crippen LogP contribution in [-0.4, -0.2) is 34.8 Å². The molecule has 6 nitrogen and oxygen atoms in total. The van der Waals surface area contributed by atoms with E-state index in [4.69, 9.17) is 16.3 Å². The molecule has 0 fully saturated rings. The molecule has 2 aromatic heterocycles. The van der Waals surface area contributed by atoms with Crippen LogP contribution in [0.25, 0.3) is 22.3 Å². The van der Waals surface area contributed by atoms with Gasteiger partial charge in [0, 0.05) is 30.6 Å². The molecular formula is C15H14BrClN4O2. The number of hydrogen-bond acceptors (Lipinski definition) is 3. The minimum atomic E-state index is -0.197. The van der Waals surface area contributed by atoms with Crippen molar-refractivity contribution in [3.05, 3.63) is 39.5 Å². The molecule has 0 bridgehead atoms. The van der Waals surface area contributed by atoms with E-state index in [0.717, 1.165) is 22.3 Å². The summed E-state index contributed by atoms with van der Waals surface area (Å²) in [6.45, 7) is 0.319. The van der Waals surface area contributed by atoms with Crippen LogP contribution in [0, 0.1) is 0 Å². The first-order chi connectivity index (χ1) is 11.0. The zero-order chi connectivity index (χ0) is 16.6. The lowest BCUT2D eigenvalue weighted by molar-refractivity contribution is 0.0964. The minimum Gasteiger partial charge on any atom is -0.362 e. The normalized spacial score (nSPS) is 11.1. The highest BCUT2D eigenvalue weighted by molar-refractivity contribution is 9.10. The monoisotopic (exact) mass is 396 g/mol. The Morgan fingerprint density at radius 1 is 1.43 bits per heavy atom. The molecule has 23 heavy (non-hydrogen) atoms. The Kier molecular flexibility index (Phi) is 4.43. The van der Waals surface area contributed by atoms with Gasteiger partial charge >= 0.3 is 0 Å². The van der Waals surface area contributed by atoms with Crippen LogP contribution in [0.15, 0.2) is 28.9 Å². The maximum absolute atomic E-state index is 12.1. The largest absolute Gasteiger partial charge is 0.362 e. The van der Waals surface area contributed by atoms with Crippen molar-refractivity contribution in [1.29, 1.82) is 0 Å². The Hall–Kier alpha value is -1.83. The molecule has 120 valence electrons. The lowest BCUT2D eigenvalue weighted by atomic mass is 10.1. The van der Waals surface area contributed by atoms with Crippen molar-refractivity contribution in [1.82, 2.24) is 20.1 Å². The predicted molar refractivity (Wildman–Crippen MR) is 92.6 cm³/mol. The van der Waals surface area contributed by atoms with E-state index in [-0.39, 0.29) is 5.91 Å². The van der Waals surface area contributed by atoms with Crippen LogP contribution in [-0.2, 0) is 11.5 Å². The summed E-state index contributed by atoms with van der Waals surface area (Å²) in [4.78, 5) is 15.3. The molecule has 0 saturated carbocycles. The zero-order valence-electron chi connectivity index (χ0n) is 12.5. The summed E-state index contributed by atoms with van der Waals surface area (Å²) >= 11 is 9.49. The highest BCUT2D eigenvalue weighted by Crippen LogP contribution is 2.30. The van der Waals surface area contributed by atoms with Crippen LogP contribution in [0.5, 0.6) is 0 Å². The molecule has 1 amide bonds. The summed E-state index contributed by atoms with van der Waals surface area (Å²) in [6.07, 6.45) is 0. The number of ether oxygens (including phenoxy) is 1. The average Bonchev–Trinajstić information content (AvgIpc) is 3.09. The smallest absolute Gasteiger partial charge is 0.253 e. The van der Waals surface area contributed by atoms with Gasteiger partial charge in [-0.25, -0.2) is 4.68 Å². The van der Waals surface area contributed by atoms with E-state index in [0.29, 0.717) is 21.9 Å². The summed E-state index contributed by atoms with van der Waals surface area (Å²) in [5, 5.41) is 8.31. The second-order valence-corrected chi connectivity index (χ2v) is 6.20. The van der Waals surface area contributed by atoms with E-state index in [2.05, 4.69) is 31.3 Å². The fraction of sp³-hybridized carbons (Fsp3) is 0.200. The topological polar surface area (TPSA) is 71.9 Å². The van der Waals surface area contributed by atoms with E-state index in [1.807, 2.05) is 18.2 Å². The number of rotatable bonds is 4. The van der Waals surface area contributed by atoms with E-state index in [1.54, 1.807) is 24.9 Å². The van der Waals surface area contributed by atoms with Gasteiger partial charge < -0.3 is 15.0 Å². The molecule has 2 N–H and O–H groups in total. The zero-order valence-corrected chi connectivity index (χ0v) is 14.8. The summed E-state index contributed by atoms with van der Waals surface area (Å²) < 4.78 is 7.58. The van der Waals surface area contributed by atoms with E-state index in [1.165, 1.54) is 0 Å². The number of carbonyl (C=O) groups is 1. The van der Waals surface area contributed by atoms with E-state index < -0.39 is 0 Å². The van der Waals surface area contributed by atoms with Gasteiger partial charge in [0.15, 0.2) is 0 Å². The van der Waals surface area contributed by atoms with Gasteiger partial charge in [0.05, 0.1) is 22.5 Å². The van der Waals surface area contributed by atoms with Crippen LogP contribution in [0.4, 0.5) is 0 Å². The lowest BCUT2D eigenvalue weighted by Gasteiger charge is -2.04. The quantitative estimate of drug-likeness (QED) is 0.708. The molecule has 3 rings (SSSR count). The van der Waals surface area contributed by atoms with Gasteiger partial charge in [-0.2, -0.15) is 5.10 Å². The number of benzene rings is 1. The third kappa shape index (κ3) is 2.99. The predicted octanol–water partition coefficient (Wildman–Crippen LogP) is 3.41. The first-order valence-electron chi connectivity index (χ1n) is 6.80. The fourth-order valence-corrected chi connectivity index (χ4v) is 3.12. The molecule has 2 heterocycles. The number of nitrogens with zero attached hydrogens (tertiary/aromatic N) is 2. The molecule has 0 aliphatic heterocycles. The van der Waals surface area contributed by atoms with Gasteiger partial charge in [-0.05, 0) is 34.1 Å². The number of methoxy groups -OCH3 is 1. The van der Waals surface area contributed by atoms with E-state index >= 15 is 0 Å². The summed E-state index contributed by atoms with van der Waals surface area (Å²) in [5.74, 6) is -0.197. The van der Waals surface area contributed by atoms with Crippen molar-refractivity contribution in [2.24, 2.45) is 0 Å². The number of amides is 1. The van der Waals surface area contributed by atoms with Gasteiger partial charge in [-0.3, -0.25) is 4.79 Å². The summed E-state index contributed by atoms with van der Waals surface area (Å²) in [5.41, 5.74) is 2.89. The van der Waals surface area contributed by atoms with Crippen molar-refractivity contribution in [3.63, 3.8) is 0 Å². The van der Waals surface area contributed by atoms with Crippen molar-refractivity contribution in [3.8, 4) is 11.4 Å². The molecule has 0 spiro atoms. The lowest BCUT2D eigenvalue weighted by Crippen LogP contribution is -2.18. The van der Waals surface area contributed by atoms with Gasteiger partial charge in [-0.15, -0.1) is 0 Å². The fourth-order valence-electron chi connectivity index (χ4n) is 2.48. The van der Waals surface area contributed by atoms with Crippen molar-refractivity contribution in [2.75, 3.05) is 14.2 Å². The molecule has 0 radical (unpaired) electrons. The number of fused-ring (bicyclic) bond motifs is 1. The van der Waals surface area contributed by atoms with E-state index in [9.17, 15) is 4.79 Å². The van der Waals surface area contributed by atoms with Gasteiger partial charge in [0.2, 0.25) is 0 Å². The highest BCUT2D eigenvalue weighted by Gasteiger charge is 2.16. The number of aromatic nitrogens is 3. The van der Waals surface area contributed by atoms with Crippen molar-refractivity contribution < 1.29 is 9.53 Å². The summed E-state index contributed by atoms with van der Waals surface area (Å²) in [6, 6.07) is 7.27. The molecule has 0 saturated heterocycles. The Morgan fingerprint density at radius 2 is 2.22 bits per heavy atom. The van der Waals surface area contributed by atoms with Crippen molar-refractivity contribution in [2.45, 2.75) is 6.73 Å². The summed E-state index contributed by atoms with van der Waals surface area (Å²) in [7, 11) is 3.19. The minimum absolute atomic E-state index is 0.197. The van der Waals surface area contributed by atoms with Crippen LogP contribution >= 0.6 is 27.5 Å². The molecule has 0 atom stereocenters. The van der Waals surface area contributed by atoms with Crippen LogP contribution in [0.2, 0.25) is 5.02 Å². The maximum atomic E-state index is 12.1.